The molecule has 2 nitrogen and oxygen atoms in total. The molecule has 1 N–H and O–H groups in total. The van der Waals surface area contributed by atoms with E-state index in [1.165, 1.54) is 57.8 Å². The van der Waals surface area contributed by atoms with Gasteiger partial charge in [-0.1, -0.05) is 87.1 Å². The van der Waals surface area contributed by atoms with E-state index in [0.717, 1.165) is 12.8 Å². The summed E-state index contributed by atoms with van der Waals surface area (Å²) in [7, 11) is 0. The van der Waals surface area contributed by atoms with Gasteiger partial charge in [-0.05, 0) is 6.42 Å². The van der Waals surface area contributed by atoms with Gasteiger partial charge in [0.15, 0.2) is 0 Å². The first-order chi connectivity index (χ1) is 8.18. The lowest BCUT2D eigenvalue weighted by atomic mass is 10.1. The van der Waals surface area contributed by atoms with E-state index in [1.54, 1.807) is 0 Å². The monoisotopic (exact) mass is 306 g/mol. The average Bonchev–Trinajstić information content (AvgIpc) is 2.31. The van der Waals surface area contributed by atoms with Crippen molar-refractivity contribution in [3.05, 3.63) is 0 Å². The van der Waals surface area contributed by atoms with Crippen LogP contribution in [0, 0.1) is 0 Å². The maximum atomic E-state index is 10.5. The van der Waals surface area contributed by atoms with E-state index in [2.05, 4.69) is 22.9 Å². The summed E-state index contributed by atoms with van der Waals surface area (Å²) in [5.74, 6) is -0.735. The lowest BCUT2D eigenvalue weighted by Crippen LogP contribution is -2.11. The number of hydrogen-bond donors (Lipinski definition) is 1. The quantitative estimate of drug-likeness (QED) is 0.400. The summed E-state index contributed by atoms with van der Waals surface area (Å²) >= 11 is 3.16. The molecule has 17 heavy (non-hydrogen) atoms. The lowest BCUT2D eigenvalue weighted by molar-refractivity contribution is -0.136. The highest BCUT2D eigenvalue weighted by molar-refractivity contribution is 9.10. The fraction of sp³-hybridized carbons (Fsp3) is 0.929. The number of hydrogen-bond acceptors (Lipinski definition) is 1. The molecule has 0 bridgehead atoms. The van der Waals surface area contributed by atoms with Crippen LogP contribution in [0.4, 0.5) is 0 Å². The highest BCUT2D eigenvalue weighted by Crippen LogP contribution is 2.14. The van der Waals surface area contributed by atoms with Gasteiger partial charge in [0, 0.05) is 0 Å². The molecule has 0 aromatic rings. The van der Waals surface area contributed by atoms with Crippen LogP contribution in [0.25, 0.3) is 0 Å². The van der Waals surface area contributed by atoms with E-state index >= 15 is 0 Å². The van der Waals surface area contributed by atoms with Gasteiger partial charge in [0.2, 0.25) is 0 Å². The van der Waals surface area contributed by atoms with Crippen molar-refractivity contribution in [3.63, 3.8) is 0 Å². The number of aliphatic carboxylic acids is 1. The van der Waals surface area contributed by atoms with Gasteiger partial charge in [0.1, 0.15) is 4.83 Å². The molecule has 0 amide bonds. The number of carbonyl (C=O) groups is 1. The topological polar surface area (TPSA) is 37.3 Å². The molecule has 0 aliphatic carbocycles. The molecule has 0 fully saturated rings. The van der Waals surface area contributed by atoms with Crippen LogP contribution in [-0.4, -0.2) is 15.9 Å². The zero-order valence-electron chi connectivity index (χ0n) is 11.1. The van der Waals surface area contributed by atoms with Crippen LogP contribution in [0.1, 0.15) is 77.6 Å². The Balaban J connectivity index is 3.06. The van der Waals surface area contributed by atoms with Crippen LogP contribution in [0.5, 0.6) is 0 Å². The molecular weight excluding hydrogens is 280 g/mol. The maximum Gasteiger partial charge on any atom is 0.317 e. The van der Waals surface area contributed by atoms with E-state index in [1.807, 2.05) is 0 Å². The number of carboxylic acid groups (broad SMARTS) is 1. The largest absolute Gasteiger partial charge is 0.480 e. The molecule has 0 spiro atoms. The molecule has 0 aliphatic rings. The molecule has 3 heteroatoms. The highest BCUT2D eigenvalue weighted by atomic mass is 79.9. The fourth-order valence-electron chi connectivity index (χ4n) is 1.93. The molecule has 0 aromatic carbocycles. The zero-order valence-corrected chi connectivity index (χ0v) is 12.7. The third-order valence-electron chi connectivity index (χ3n) is 3.08. The van der Waals surface area contributed by atoms with E-state index in [0.29, 0.717) is 0 Å². The Morgan fingerprint density at radius 1 is 0.941 bits per heavy atom. The highest BCUT2D eigenvalue weighted by Gasteiger charge is 2.11. The number of carboxylic acids is 1. The van der Waals surface area contributed by atoms with Crippen molar-refractivity contribution in [2.45, 2.75) is 82.4 Å². The van der Waals surface area contributed by atoms with Crippen LogP contribution in [0.15, 0.2) is 0 Å². The summed E-state index contributed by atoms with van der Waals surface area (Å²) in [6, 6.07) is 0. The number of rotatable bonds is 12. The molecular formula is C14H27BrO2. The molecule has 102 valence electrons. The SMILES string of the molecule is CCCCCCCCCCCC[C@@H](Br)C(=O)O. The third kappa shape index (κ3) is 12.2. The molecule has 0 rings (SSSR count). The fourth-order valence-corrected chi connectivity index (χ4v) is 2.26. The van der Waals surface area contributed by atoms with Crippen LogP contribution < -0.4 is 0 Å². The first-order valence-corrected chi connectivity index (χ1v) is 7.97. The minimum Gasteiger partial charge on any atom is -0.480 e. The van der Waals surface area contributed by atoms with Gasteiger partial charge in [-0.25, -0.2) is 0 Å². The molecule has 1 atom stereocenters. The second kappa shape index (κ2) is 12.4. The molecule has 0 radical (unpaired) electrons. The second-order valence-electron chi connectivity index (χ2n) is 4.78. The Labute approximate surface area is 114 Å². The normalized spacial score (nSPS) is 12.6. The molecule has 0 aliphatic heterocycles. The average molecular weight is 307 g/mol. The van der Waals surface area contributed by atoms with E-state index < -0.39 is 5.97 Å². The standard InChI is InChI=1S/C14H27BrO2/c1-2-3-4-5-6-7-8-9-10-11-12-13(15)14(16)17/h13H,2-12H2,1H3,(H,16,17)/t13-/m1/s1. The van der Waals surface area contributed by atoms with Crippen molar-refractivity contribution >= 4 is 21.9 Å². The smallest absolute Gasteiger partial charge is 0.317 e. The van der Waals surface area contributed by atoms with Crippen molar-refractivity contribution in [3.8, 4) is 0 Å². The summed E-state index contributed by atoms with van der Waals surface area (Å²) in [5, 5.41) is 8.68. The summed E-state index contributed by atoms with van der Waals surface area (Å²) in [5.41, 5.74) is 0. The van der Waals surface area contributed by atoms with Gasteiger partial charge >= 0.3 is 5.97 Å². The van der Waals surface area contributed by atoms with Gasteiger partial charge in [-0.2, -0.15) is 0 Å². The van der Waals surface area contributed by atoms with Crippen LogP contribution in [0.2, 0.25) is 0 Å². The Bertz CT molecular complexity index is 183. The zero-order chi connectivity index (χ0) is 12.9. The Morgan fingerprint density at radius 3 is 1.76 bits per heavy atom. The van der Waals surface area contributed by atoms with Crippen molar-refractivity contribution < 1.29 is 9.90 Å². The van der Waals surface area contributed by atoms with Crippen molar-refractivity contribution in [1.29, 1.82) is 0 Å². The lowest BCUT2D eigenvalue weighted by Gasteiger charge is -2.04. The third-order valence-corrected chi connectivity index (χ3v) is 3.93. The first-order valence-electron chi connectivity index (χ1n) is 7.05. The first kappa shape index (κ1) is 16.9. The summed E-state index contributed by atoms with van der Waals surface area (Å²) in [6.45, 7) is 2.24. The van der Waals surface area contributed by atoms with Crippen molar-refractivity contribution in [2.75, 3.05) is 0 Å². The Kier molecular flexibility index (Phi) is 12.4. The molecule has 0 unspecified atom stereocenters. The second-order valence-corrected chi connectivity index (χ2v) is 5.88. The van der Waals surface area contributed by atoms with Crippen LogP contribution >= 0.6 is 15.9 Å². The van der Waals surface area contributed by atoms with E-state index in [9.17, 15) is 4.79 Å². The summed E-state index contributed by atoms with van der Waals surface area (Å²) in [4.78, 5) is 10.2. The minimum atomic E-state index is -0.735. The molecule has 0 aromatic heterocycles. The van der Waals surface area contributed by atoms with Gasteiger partial charge in [-0.15, -0.1) is 0 Å². The van der Waals surface area contributed by atoms with Crippen molar-refractivity contribution in [2.24, 2.45) is 0 Å². The van der Waals surface area contributed by atoms with Gasteiger partial charge in [0.25, 0.3) is 0 Å². The molecule has 0 saturated heterocycles. The number of alkyl halides is 1. The molecule has 0 saturated carbocycles. The molecule has 0 heterocycles. The number of halogens is 1. The Morgan fingerprint density at radius 2 is 1.35 bits per heavy atom. The van der Waals surface area contributed by atoms with Gasteiger partial charge in [0.05, 0.1) is 0 Å². The van der Waals surface area contributed by atoms with Crippen LogP contribution in [0.3, 0.4) is 0 Å². The maximum absolute atomic E-state index is 10.5. The van der Waals surface area contributed by atoms with Gasteiger partial charge < -0.3 is 5.11 Å². The summed E-state index contributed by atoms with van der Waals surface area (Å²) < 4.78 is 0. The van der Waals surface area contributed by atoms with Gasteiger partial charge in [-0.3, -0.25) is 4.79 Å². The van der Waals surface area contributed by atoms with Crippen molar-refractivity contribution in [1.82, 2.24) is 0 Å². The predicted molar refractivity (Wildman–Crippen MR) is 76.8 cm³/mol. The summed E-state index contributed by atoms with van der Waals surface area (Å²) in [6.07, 6.45) is 13.7. The minimum absolute atomic E-state index is 0.350. The van der Waals surface area contributed by atoms with E-state index in [4.69, 9.17) is 5.11 Å². The number of unbranched alkanes of at least 4 members (excludes halogenated alkanes) is 9. The predicted octanol–water partition coefficient (Wildman–Crippen LogP) is 5.15. The Hall–Kier alpha value is -0.0500. The van der Waals surface area contributed by atoms with E-state index in [-0.39, 0.29) is 4.83 Å². The van der Waals surface area contributed by atoms with Crippen LogP contribution in [-0.2, 0) is 4.79 Å².